The van der Waals surface area contributed by atoms with Crippen LogP contribution in [-0.4, -0.2) is 32.7 Å². The topological polar surface area (TPSA) is 84.3 Å². The maximum atomic E-state index is 11.9. The van der Waals surface area contributed by atoms with E-state index in [1.165, 1.54) is 6.92 Å². The highest BCUT2D eigenvalue weighted by atomic mass is 32.1. The van der Waals surface area contributed by atoms with E-state index < -0.39 is 0 Å². The van der Waals surface area contributed by atoms with E-state index in [9.17, 15) is 4.79 Å². The summed E-state index contributed by atoms with van der Waals surface area (Å²) in [4.78, 5) is 23.0. The third-order valence-corrected chi connectivity index (χ3v) is 7.18. The third-order valence-electron chi connectivity index (χ3n) is 6.86. The molecule has 0 bridgehead atoms. The Morgan fingerprint density at radius 1 is 1.13 bits per heavy atom. The van der Waals surface area contributed by atoms with E-state index in [2.05, 4.69) is 56.0 Å². The lowest BCUT2D eigenvalue weighted by Crippen LogP contribution is -2.29. The van der Waals surface area contributed by atoms with Crippen molar-refractivity contribution in [1.82, 2.24) is 19.9 Å². The van der Waals surface area contributed by atoms with Crippen LogP contribution in [0.1, 0.15) is 47.2 Å². The van der Waals surface area contributed by atoms with Gasteiger partial charge in [-0.05, 0) is 79.7 Å². The number of pyridine rings is 2. The SMILES string of the molecule is COc1ccc(N2C(=S)N[C@H](c3ccccn3)[C@@H]2c2cc(C)n(Cc3cccnc3)c2C)cc1NC(C)=O. The van der Waals surface area contributed by atoms with Crippen LogP contribution in [-0.2, 0) is 11.3 Å². The standard InChI is InChI=1S/C29H30N6O2S/c1-18-14-23(19(2)34(18)17-21-8-7-12-30-16-21)28-27(24-9-5-6-13-31-24)33-29(38)35(28)22-10-11-26(37-4)25(15-22)32-20(3)36/h5-16,27-28H,17H2,1-4H3,(H,32,36)(H,33,38)/t27-,28+/m1/s1. The molecule has 1 aromatic carbocycles. The highest BCUT2D eigenvalue weighted by Gasteiger charge is 2.42. The van der Waals surface area contributed by atoms with Crippen LogP contribution in [0.2, 0.25) is 0 Å². The van der Waals surface area contributed by atoms with Crippen molar-refractivity contribution in [3.8, 4) is 5.75 Å². The lowest BCUT2D eigenvalue weighted by molar-refractivity contribution is -0.114. The Bertz CT molecular complexity index is 1470. The molecule has 9 heteroatoms. The predicted octanol–water partition coefficient (Wildman–Crippen LogP) is 5.09. The fraction of sp³-hybridized carbons (Fsp3) is 0.241. The number of aryl methyl sites for hydroxylation is 1. The number of nitrogens with one attached hydrogen (secondary N) is 2. The quantitative estimate of drug-likeness (QED) is 0.325. The number of hydrogen-bond donors (Lipinski definition) is 2. The average molecular weight is 527 g/mol. The van der Waals surface area contributed by atoms with Crippen LogP contribution in [0.25, 0.3) is 0 Å². The van der Waals surface area contributed by atoms with Crippen molar-refractivity contribution in [2.45, 2.75) is 39.4 Å². The summed E-state index contributed by atoms with van der Waals surface area (Å²) in [5.74, 6) is 0.402. The molecule has 8 nitrogen and oxygen atoms in total. The number of hydrogen-bond acceptors (Lipinski definition) is 5. The molecule has 0 aliphatic carbocycles. The number of nitrogens with zero attached hydrogens (tertiary/aromatic N) is 4. The van der Waals surface area contributed by atoms with Crippen molar-refractivity contribution in [3.63, 3.8) is 0 Å². The summed E-state index contributed by atoms with van der Waals surface area (Å²) in [6, 6.07) is 17.5. The van der Waals surface area contributed by atoms with E-state index in [-0.39, 0.29) is 18.0 Å². The van der Waals surface area contributed by atoms with Gasteiger partial charge in [-0.2, -0.15) is 0 Å². The van der Waals surface area contributed by atoms with E-state index in [0.717, 1.165) is 40.4 Å². The van der Waals surface area contributed by atoms with Crippen molar-refractivity contribution in [3.05, 3.63) is 101 Å². The molecule has 1 aliphatic rings. The van der Waals surface area contributed by atoms with Crippen LogP contribution in [0.5, 0.6) is 5.75 Å². The predicted molar refractivity (Wildman–Crippen MR) is 152 cm³/mol. The first kappa shape index (κ1) is 25.4. The zero-order chi connectivity index (χ0) is 26.8. The number of benzene rings is 1. The van der Waals surface area contributed by atoms with Crippen LogP contribution in [0.3, 0.4) is 0 Å². The second-order valence-corrected chi connectivity index (χ2v) is 9.72. The Morgan fingerprint density at radius 3 is 2.66 bits per heavy atom. The third kappa shape index (κ3) is 4.84. The maximum absolute atomic E-state index is 11.9. The summed E-state index contributed by atoms with van der Waals surface area (Å²) in [5.41, 5.74) is 6.89. The van der Waals surface area contributed by atoms with Gasteiger partial charge < -0.3 is 24.8 Å². The minimum Gasteiger partial charge on any atom is -0.495 e. The first-order valence-electron chi connectivity index (χ1n) is 12.4. The molecule has 0 radical (unpaired) electrons. The van der Waals surface area contributed by atoms with Crippen LogP contribution in [0, 0.1) is 13.8 Å². The summed E-state index contributed by atoms with van der Waals surface area (Å²) < 4.78 is 7.79. The van der Waals surface area contributed by atoms with Crippen molar-refractivity contribution >= 4 is 34.6 Å². The molecule has 4 aromatic rings. The van der Waals surface area contributed by atoms with Gasteiger partial charge in [0.2, 0.25) is 5.91 Å². The van der Waals surface area contributed by atoms with E-state index in [1.807, 2.05) is 48.7 Å². The Balaban J connectivity index is 1.63. The Hall–Kier alpha value is -4.24. The Labute approximate surface area is 227 Å². The largest absolute Gasteiger partial charge is 0.495 e. The highest BCUT2D eigenvalue weighted by Crippen LogP contribution is 2.44. The molecule has 38 heavy (non-hydrogen) atoms. The summed E-state index contributed by atoms with van der Waals surface area (Å²) in [7, 11) is 1.58. The number of carbonyl (C=O) groups is 1. The second kappa shape index (κ2) is 10.6. The number of amides is 1. The minimum absolute atomic E-state index is 0.176. The number of methoxy groups -OCH3 is 1. The summed E-state index contributed by atoms with van der Waals surface area (Å²) in [6.45, 7) is 6.46. The van der Waals surface area contributed by atoms with Gasteiger partial charge >= 0.3 is 0 Å². The van der Waals surface area contributed by atoms with E-state index >= 15 is 0 Å². The first-order chi connectivity index (χ1) is 18.4. The van der Waals surface area contributed by atoms with Crippen molar-refractivity contribution in [1.29, 1.82) is 0 Å². The maximum Gasteiger partial charge on any atom is 0.221 e. The lowest BCUT2D eigenvalue weighted by atomic mass is 9.96. The first-order valence-corrected chi connectivity index (χ1v) is 12.8. The van der Waals surface area contributed by atoms with Gasteiger partial charge in [0.15, 0.2) is 5.11 Å². The van der Waals surface area contributed by atoms with Gasteiger partial charge in [-0.15, -0.1) is 0 Å². The second-order valence-electron chi connectivity index (χ2n) is 9.34. The van der Waals surface area contributed by atoms with Crippen molar-refractivity contribution in [2.24, 2.45) is 0 Å². The molecule has 5 rings (SSSR count). The Kier molecular flexibility index (Phi) is 7.11. The molecule has 3 aromatic heterocycles. The molecule has 0 spiro atoms. The fourth-order valence-corrected chi connectivity index (χ4v) is 5.47. The molecule has 2 N–H and O–H groups in total. The molecular formula is C29H30N6O2S. The van der Waals surface area contributed by atoms with Gasteiger partial charge in [0, 0.05) is 49.1 Å². The van der Waals surface area contributed by atoms with E-state index in [1.54, 1.807) is 19.5 Å². The normalized spacial score (nSPS) is 16.8. The number of rotatable bonds is 7. The zero-order valence-corrected chi connectivity index (χ0v) is 22.6. The summed E-state index contributed by atoms with van der Waals surface area (Å²) >= 11 is 5.91. The zero-order valence-electron chi connectivity index (χ0n) is 21.8. The number of thiocarbonyl (C=S) groups is 1. The van der Waals surface area contributed by atoms with Crippen LogP contribution in [0.15, 0.2) is 73.2 Å². The van der Waals surface area contributed by atoms with E-state index in [0.29, 0.717) is 16.5 Å². The van der Waals surface area contributed by atoms with Gasteiger partial charge in [-0.3, -0.25) is 14.8 Å². The van der Waals surface area contributed by atoms with Gasteiger partial charge in [-0.1, -0.05) is 12.1 Å². The molecular weight excluding hydrogens is 496 g/mol. The molecule has 1 saturated heterocycles. The highest BCUT2D eigenvalue weighted by molar-refractivity contribution is 7.80. The molecule has 194 valence electrons. The van der Waals surface area contributed by atoms with Crippen LogP contribution < -0.4 is 20.3 Å². The summed E-state index contributed by atoms with van der Waals surface area (Å²) in [5, 5.41) is 6.98. The molecule has 0 saturated carbocycles. The minimum atomic E-state index is -0.178. The van der Waals surface area contributed by atoms with Crippen LogP contribution >= 0.6 is 12.2 Å². The number of anilines is 2. The molecule has 1 amide bonds. The molecule has 0 unspecified atom stereocenters. The van der Waals surface area contributed by atoms with Crippen molar-refractivity contribution in [2.75, 3.05) is 17.3 Å². The number of ether oxygens (including phenoxy) is 1. The lowest BCUT2D eigenvalue weighted by Gasteiger charge is -2.29. The smallest absolute Gasteiger partial charge is 0.221 e. The summed E-state index contributed by atoms with van der Waals surface area (Å²) in [6.07, 6.45) is 5.48. The van der Waals surface area contributed by atoms with Crippen LogP contribution in [0.4, 0.5) is 11.4 Å². The fourth-order valence-electron chi connectivity index (χ4n) is 5.13. The average Bonchev–Trinajstić information content (AvgIpc) is 3.40. The molecule has 1 fully saturated rings. The van der Waals surface area contributed by atoms with Crippen molar-refractivity contribution < 1.29 is 9.53 Å². The Morgan fingerprint density at radius 2 is 1.97 bits per heavy atom. The monoisotopic (exact) mass is 526 g/mol. The molecule has 2 atom stereocenters. The van der Waals surface area contributed by atoms with Gasteiger partial charge in [0.25, 0.3) is 0 Å². The van der Waals surface area contributed by atoms with Gasteiger partial charge in [0.05, 0.1) is 30.6 Å². The van der Waals surface area contributed by atoms with Gasteiger partial charge in [-0.25, -0.2) is 0 Å². The molecule has 4 heterocycles. The number of carbonyl (C=O) groups excluding carboxylic acids is 1. The van der Waals surface area contributed by atoms with E-state index in [4.69, 9.17) is 17.0 Å². The number of aromatic nitrogens is 3. The van der Waals surface area contributed by atoms with Gasteiger partial charge in [0.1, 0.15) is 5.75 Å². The molecule has 1 aliphatic heterocycles.